The lowest BCUT2D eigenvalue weighted by Crippen LogP contribution is -2.38. The molecule has 0 aromatic rings. The molecule has 0 aromatic carbocycles. The van der Waals surface area contributed by atoms with Crippen molar-refractivity contribution >= 4 is 17.7 Å². The zero-order valence-corrected chi connectivity index (χ0v) is 10.4. The second-order valence-corrected chi connectivity index (χ2v) is 5.74. The van der Waals surface area contributed by atoms with Gasteiger partial charge < -0.3 is 10.4 Å². The summed E-state index contributed by atoms with van der Waals surface area (Å²) in [7, 11) is 0. The van der Waals surface area contributed by atoms with Crippen LogP contribution in [0.3, 0.4) is 0 Å². The van der Waals surface area contributed by atoms with Crippen molar-refractivity contribution in [2.75, 3.05) is 19.3 Å². The highest BCUT2D eigenvalue weighted by Gasteiger charge is 2.32. The summed E-state index contributed by atoms with van der Waals surface area (Å²) in [5, 5.41) is 12.0. The third-order valence-electron chi connectivity index (χ3n) is 3.27. The number of aliphatic carboxylic acids is 1. The molecular weight excluding hydrogens is 210 g/mol. The summed E-state index contributed by atoms with van der Waals surface area (Å²) in [4.78, 5) is 10.6. The summed E-state index contributed by atoms with van der Waals surface area (Å²) >= 11 is 1.93. The molecule has 0 saturated heterocycles. The Morgan fingerprint density at radius 3 is 2.60 bits per heavy atom. The van der Waals surface area contributed by atoms with E-state index < -0.39 is 5.97 Å². The molecule has 4 heteroatoms. The predicted molar refractivity (Wildman–Crippen MR) is 64.4 cm³/mol. The molecule has 0 amide bonds. The van der Waals surface area contributed by atoms with Crippen LogP contribution in [0.15, 0.2) is 0 Å². The number of hydrogen-bond donors (Lipinski definition) is 2. The number of hydrogen-bond acceptors (Lipinski definition) is 3. The number of nitrogens with one attached hydrogen (secondary N) is 1. The van der Waals surface area contributed by atoms with Crippen molar-refractivity contribution in [1.82, 2.24) is 5.32 Å². The van der Waals surface area contributed by atoms with Gasteiger partial charge in [0.05, 0.1) is 5.92 Å². The maximum atomic E-state index is 10.6. The van der Waals surface area contributed by atoms with Crippen LogP contribution in [-0.4, -0.2) is 35.2 Å². The Kier molecular flexibility index (Phi) is 4.93. The third kappa shape index (κ3) is 3.68. The van der Waals surface area contributed by atoms with E-state index in [2.05, 4.69) is 11.6 Å². The minimum atomic E-state index is -0.716. The zero-order chi connectivity index (χ0) is 11.3. The minimum absolute atomic E-state index is 0.287. The van der Waals surface area contributed by atoms with E-state index in [0.29, 0.717) is 11.3 Å². The van der Waals surface area contributed by atoms with E-state index in [0.717, 1.165) is 6.54 Å². The smallest absolute Gasteiger partial charge is 0.307 e. The van der Waals surface area contributed by atoms with Crippen molar-refractivity contribution in [2.45, 2.75) is 37.4 Å². The van der Waals surface area contributed by atoms with E-state index in [9.17, 15) is 4.79 Å². The van der Waals surface area contributed by atoms with Crippen LogP contribution >= 0.6 is 11.8 Å². The molecule has 15 heavy (non-hydrogen) atoms. The highest BCUT2D eigenvalue weighted by atomic mass is 32.2. The van der Waals surface area contributed by atoms with Gasteiger partial charge in [0.25, 0.3) is 0 Å². The first kappa shape index (κ1) is 12.8. The summed E-state index contributed by atoms with van der Waals surface area (Å²) in [6, 6.07) is 0. The third-order valence-corrected chi connectivity index (χ3v) is 4.69. The van der Waals surface area contributed by atoms with Gasteiger partial charge in [-0.15, -0.1) is 0 Å². The average Bonchev–Trinajstić information content (AvgIpc) is 2.67. The van der Waals surface area contributed by atoms with Gasteiger partial charge in [0.15, 0.2) is 0 Å². The zero-order valence-electron chi connectivity index (χ0n) is 9.58. The molecule has 0 radical (unpaired) electrons. The van der Waals surface area contributed by atoms with Crippen LogP contribution in [0.25, 0.3) is 0 Å². The van der Waals surface area contributed by atoms with Crippen LogP contribution in [0.2, 0.25) is 0 Å². The molecule has 0 spiro atoms. The molecule has 0 aliphatic heterocycles. The molecule has 3 nitrogen and oxygen atoms in total. The SMILES string of the molecule is CSC1(CNCC(C)C(=O)O)CCCC1. The fourth-order valence-electron chi connectivity index (χ4n) is 2.08. The lowest BCUT2D eigenvalue weighted by atomic mass is 10.1. The summed E-state index contributed by atoms with van der Waals surface area (Å²) in [6.07, 6.45) is 7.33. The summed E-state index contributed by atoms with van der Waals surface area (Å²) in [5.41, 5.74) is 0. The van der Waals surface area contributed by atoms with Gasteiger partial charge in [0.2, 0.25) is 0 Å². The fourth-order valence-corrected chi connectivity index (χ4v) is 3.02. The molecule has 1 rings (SSSR count). The van der Waals surface area contributed by atoms with Crippen LogP contribution in [-0.2, 0) is 4.79 Å². The second-order valence-electron chi connectivity index (χ2n) is 4.46. The van der Waals surface area contributed by atoms with Crippen LogP contribution < -0.4 is 5.32 Å². The molecule has 1 aliphatic rings. The maximum Gasteiger partial charge on any atom is 0.307 e. The monoisotopic (exact) mass is 231 g/mol. The van der Waals surface area contributed by atoms with E-state index >= 15 is 0 Å². The largest absolute Gasteiger partial charge is 0.481 e. The van der Waals surface area contributed by atoms with Gasteiger partial charge in [-0.25, -0.2) is 0 Å². The van der Waals surface area contributed by atoms with Crippen LogP contribution in [0.1, 0.15) is 32.6 Å². The molecule has 2 N–H and O–H groups in total. The Bertz CT molecular complexity index is 215. The summed E-state index contributed by atoms with van der Waals surface area (Å²) in [5.74, 6) is -1.00. The Hall–Kier alpha value is -0.220. The lowest BCUT2D eigenvalue weighted by molar-refractivity contribution is -0.140. The molecule has 0 aromatic heterocycles. The molecule has 0 heterocycles. The van der Waals surface area contributed by atoms with Gasteiger partial charge in [0.1, 0.15) is 0 Å². The van der Waals surface area contributed by atoms with Gasteiger partial charge in [-0.3, -0.25) is 4.79 Å². The summed E-state index contributed by atoms with van der Waals surface area (Å²) in [6.45, 7) is 3.28. The Balaban J connectivity index is 2.26. The molecule has 1 atom stereocenters. The standard InChI is InChI=1S/C11H21NO2S/c1-9(10(13)14)7-12-8-11(15-2)5-3-4-6-11/h9,12H,3-8H2,1-2H3,(H,13,14). The molecule has 1 unspecified atom stereocenters. The van der Waals surface area contributed by atoms with Crippen LogP contribution in [0.5, 0.6) is 0 Å². The maximum absolute atomic E-state index is 10.6. The normalized spacial score (nSPS) is 21.5. The number of thioether (sulfide) groups is 1. The number of carbonyl (C=O) groups is 1. The van der Waals surface area contributed by atoms with E-state index in [4.69, 9.17) is 5.11 Å². The first-order chi connectivity index (χ1) is 7.09. The van der Waals surface area contributed by atoms with Crippen molar-refractivity contribution in [3.05, 3.63) is 0 Å². The highest BCUT2D eigenvalue weighted by Crippen LogP contribution is 2.39. The van der Waals surface area contributed by atoms with Crippen molar-refractivity contribution in [3.63, 3.8) is 0 Å². The predicted octanol–water partition coefficient (Wildman–Crippen LogP) is 1.97. The van der Waals surface area contributed by atoms with Crippen molar-refractivity contribution in [3.8, 4) is 0 Å². The van der Waals surface area contributed by atoms with Gasteiger partial charge >= 0.3 is 5.97 Å². The number of carboxylic acid groups (broad SMARTS) is 1. The summed E-state index contributed by atoms with van der Waals surface area (Å²) < 4.78 is 0.373. The molecule has 1 saturated carbocycles. The first-order valence-electron chi connectivity index (χ1n) is 5.58. The van der Waals surface area contributed by atoms with Gasteiger partial charge in [0, 0.05) is 17.8 Å². The topological polar surface area (TPSA) is 49.3 Å². The van der Waals surface area contributed by atoms with Gasteiger partial charge in [-0.1, -0.05) is 19.8 Å². The van der Waals surface area contributed by atoms with E-state index in [-0.39, 0.29) is 5.92 Å². The Labute approximate surface area is 96.0 Å². The van der Waals surface area contributed by atoms with E-state index in [1.165, 1.54) is 25.7 Å². The molecular formula is C11H21NO2S. The van der Waals surface area contributed by atoms with Crippen molar-refractivity contribution < 1.29 is 9.90 Å². The van der Waals surface area contributed by atoms with Gasteiger partial charge in [-0.2, -0.15) is 11.8 Å². The van der Waals surface area contributed by atoms with E-state index in [1.54, 1.807) is 6.92 Å². The minimum Gasteiger partial charge on any atom is -0.481 e. The quantitative estimate of drug-likeness (QED) is 0.734. The highest BCUT2D eigenvalue weighted by molar-refractivity contribution is 8.00. The molecule has 1 fully saturated rings. The van der Waals surface area contributed by atoms with Crippen molar-refractivity contribution in [1.29, 1.82) is 0 Å². The number of carboxylic acids is 1. The van der Waals surface area contributed by atoms with E-state index in [1.807, 2.05) is 11.8 Å². The Morgan fingerprint density at radius 2 is 2.13 bits per heavy atom. The lowest BCUT2D eigenvalue weighted by Gasteiger charge is -2.27. The average molecular weight is 231 g/mol. The fraction of sp³-hybridized carbons (Fsp3) is 0.909. The Morgan fingerprint density at radius 1 is 1.53 bits per heavy atom. The van der Waals surface area contributed by atoms with Crippen LogP contribution in [0, 0.1) is 5.92 Å². The van der Waals surface area contributed by atoms with Crippen molar-refractivity contribution in [2.24, 2.45) is 5.92 Å². The second kappa shape index (κ2) is 5.75. The molecule has 0 bridgehead atoms. The number of rotatable bonds is 6. The first-order valence-corrected chi connectivity index (χ1v) is 6.81. The van der Waals surface area contributed by atoms with Gasteiger partial charge in [-0.05, 0) is 19.1 Å². The van der Waals surface area contributed by atoms with Crippen LogP contribution in [0.4, 0.5) is 0 Å². The molecule has 1 aliphatic carbocycles. The molecule has 88 valence electrons.